The highest BCUT2D eigenvalue weighted by Gasteiger charge is 2.50. The third-order valence-electron chi connectivity index (χ3n) is 4.09. The van der Waals surface area contributed by atoms with E-state index in [1.807, 2.05) is 0 Å². The van der Waals surface area contributed by atoms with Gasteiger partial charge in [0.05, 0.1) is 20.0 Å². The summed E-state index contributed by atoms with van der Waals surface area (Å²) in [5, 5.41) is -0.0641. The van der Waals surface area contributed by atoms with E-state index >= 15 is 0 Å². The van der Waals surface area contributed by atoms with Crippen LogP contribution in [-0.2, 0) is 33.4 Å². The molecule has 1 fully saturated rings. The number of imidazole rings is 1. The van der Waals surface area contributed by atoms with E-state index in [0.29, 0.717) is 11.2 Å². The number of methoxy groups -OCH3 is 1. The second-order valence-electron chi connectivity index (χ2n) is 6.14. The number of ether oxygens (including phenoxy) is 4. The maximum atomic E-state index is 11.7. The van der Waals surface area contributed by atoms with Crippen LogP contribution in [0.15, 0.2) is 6.33 Å². The van der Waals surface area contributed by atoms with Gasteiger partial charge in [0, 0.05) is 21.0 Å². The van der Waals surface area contributed by atoms with Crippen LogP contribution in [0.3, 0.4) is 0 Å². The number of hydrogen-bond donors (Lipinski definition) is 1. The first kappa shape index (κ1) is 21.2. The monoisotopic (exact) mass is 429 g/mol. The van der Waals surface area contributed by atoms with Crippen LogP contribution in [0.4, 0.5) is 5.82 Å². The lowest BCUT2D eigenvalue weighted by Crippen LogP contribution is -2.40. The highest BCUT2D eigenvalue weighted by atomic mass is 35.5. The molecule has 0 aliphatic carbocycles. The number of aromatic nitrogens is 4. The molecule has 3 heterocycles. The first-order chi connectivity index (χ1) is 13.8. The number of halogens is 1. The van der Waals surface area contributed by atoms with Gasteiger partial charge in [0.25, 0.3) is 0 Å². The third kappa shape index (κ3) is 4.40. The molecule has 12 nitrogen and oxygen atoms in total. The predicted octanol–water partition coefficient (Wildman–Crippen LogP) is 0.860. The van der Waals surface area contributed by atoms with E-state index in [-0.39, 0.29) is 17.7 Å². The van der Waals surface area contributed by atoms with E-state index in [2.05, 4.69) is 20.4 Å². The molecule has 2 aromatic heterocycles. The Morgan fingerprint density at radius 3 is 2.52 bits per heavy atom. The van der Waals surface area contributed by atoms with Gasteiger partial charge in [0.15, 0.2) is 35.4 Å². The molecule has 0 unspecified atom stereocenters. The molecule has 13 heteroatoms. The van der Waals surface area contributed by atoms with E-state index in [1.165, 1.54) is 39.0 Å². The summed E-state index contributed by atoms with van der Waals surface area (Å²) in [5.41, 5.74) is 3.22. The first-order valence-corrected chi connectivity index (χ1v) is 8.91. The fourth-order valence-corrected chi connectivity index (χ4v) is 3.29. The Kier molecular flexibility index (Phi) is 6.47. The Balaban J connectivity index is 2.07. The second-order valence-corrected chi connectivity index (χ2v) is 6.48. The molecule has 0 saturated carbocycles. The Hall–Kier alpha value is -2.54. The minimum absolute atomic E-state index is 0.0641. The zero-order valence-corrected chi connectivity index (χ0v) is 16.9. The maximum absolute atomic E-state index is 11.7. The van der Waals surface area contributed by atoms with E-state index in [9.17, 15) is 9.59 Å². The number of anilines is 1. The first-order valence-electron chi connectivity index (χ1n) is 8.53. The molecule has 3 rings (SSSR count). The molecule has 2 aromatic rings. The van der Waals surface area contributed by atoms with Gasteiger partial charge in [-0.05, 0) is 11.6 Å². The van der Waals surface area contributed by atoms with Crippen molar-refractivity contribution in [3.8, 4) is 0 Å². The van der Waals surface area contributed by atoms with Crippen LogP contribution in [0, 0.1) is 0 Å². The Bertz CT molecular complexity index is 907. The van der Waals surface area contributed by atoms with Crippen molar-refractivity contribution < 1.29 is 33.4 Å². The van der Waals surface area contributed by atoms with Crippen LogP contribution in [0.5, 0.6) is 0 Å². The Morgan fingerprint density at radius 2 is 1.90 bits per heavy atom. The molecule has 0 bridgehead atoms. The van der Waals surface area contributed by atoms with Crippen molar-refractivity contribution >= 4 is 40.5 Å². The molecule has 4 atom stereocenters. The summed E-state index contributed by atoms with van der Waals surface area (Å²) in [6.45, 7) is 2.60. The van der Waals surface area contributed by atoms with E-state index in [4.69, 9.17) is 35.4 Å². The molecule has 0 spiro atoms. The van der Waals surface area contributed by atoms with Crippen molar-refractivity contribution in [3.63, 3.8) is 0 Å². The largest absolute Gasteiger partial charge is 0.456 e. The molecule has 1 saturated heterocycles. The standard InChI is InChI=1S/C16H20ClN5O7/c1-7(23)27-11-9(5-25-3)29-15(12(11)28-8(2)24)22-6-18-10-13(21-26-4)19-16(17)20-14(10)22/h6,9,11-12,15H,5H2,1-4H3,(H,19,20,21)/t9-,11-,12-,15-/m1/s1. The Morgan fingerprint density at radius 1 is 1.21 bits per heavy atom. The molecule has 1 N–H and O–H groups in total. The number of rotatable bonds is 7. The minimum atomic E-state index is -0.971. The van der Waals surface area contributed by atoms with Gasteiger partial charge in [-0.25, -0.2) is 10.5 Å². The van der Waals surface area contributed by atoms with Gasteiger partial charge in [-0.15, -0.1) is 0 Å². The number of nitrogens with zero attached hydrogens (tertiary/aromatic N) is 4. The summed E-state index contributed by atoms with van der Waals surface area (Å²) >= 11 is 6.02. The van der Waals surface area contributed by atoms with Gasteiger partial charge in [-0.3, -0.25) is 19.0 Å². The third-order valence-corrected chi connectivity index (χ3v) is 4.26. The average molecular weight is 430 g/mol. The molecule has 1 aliphatic rings. The van der Waals surface area contributed by atoms with Crippen molar-refractivity contribution in [3.05, 3.63) is 11.6 Å². The number of hydrogen-bond acceptors (Lipinski definition) is 11. The van der Waals surface area contributed by atoms with Crippen molar-refractivity contribution in [1.82, 2.24) is 19.5 Å². The molecular weight excluding hydrogens is 410 g/mol. The summed E-state index contributed by atoms with van der Waals surface area (Å²) < 4.78 is 23.5. The van der Waals surface area contributed by atoms with Gasteiger partial charge < -0.3 is 18.9 Å². The SMILES string of the molecule is COC[C@H]1O[C@@H](n2cnc3c(NOC)nc(Cl)nc32)[C@H](OC(C)=O)[C@@H]1OC(C)=O. The van der Waals surface area contributed by atoms with Crippen LogP contribution < -0.4 is 5.48 Å². The quantitative estimate of drug-likeness (QED) is 0.381. The number of nitrogens with one attached hydrogen (secondary N) is 1. The zero-order valence-electron chi connectivity index (χ0n) is 16.1. The lowest BCUT2D eigenvalue weighted by molar-refractivity contribution is -0.165. The highest BCUT2D eigenvalue weighted by Crippen LogP contribution is 2.36. The van der Waals surface area contributed by atoms with Crippen molar-refractivity contribution in [1.29, 1.82) is 0 Å². The van der Waals surface area contributed by atoms with Crippen molar-refractivity contribution in [2.24, 2.45) is 0 Å². The summed E-state index contributed by atoms with van der Waals surface area (Å²) in [5.74, 6) is -0.879. The van der Waals surface area contributed by atoms with Crippen LogP contribution in [0.25, 0.3) is 11.2 Å². The summed E-state index contributed by atoms with van der Waals surface area (Å²) in [6, 6.07) is 0. The molecule has 0 aromatic carbocycles. The molecule has 1 aliphatic heterocycles. The summed E-state index contributed by atoms with van der Waals surface area (Å²) in [6.07, 6.45) is -2.04. The average Bonchev–Trinajstić information content (AvgIpc) is 3.18. The van der Waals surface area contributed by atoms with Crippen LogP contribution in [0.1, 0.15) is 20.1 Å². The molecule has 0 radical (unpaired) electrons. The zero-order chi connectivity index (χ0) is 21.1. The number of carbonyl (C=O) groups excluding carboxylic acids is 2. The second kappa shape index (κ2) is 8.86. The lowest BCUT2D eigenvalue weighted by atomic mass is 10.1. The molecular formula is C16H20ClN5O7. The van der Waals surface area contributed by atoms with Crippen LogP contribution in [-0.4, -0.2) is 70.6 Å². The lowest BCUT2D eigenvalue weighted by Gasteiger charge is -2.23. The Labute approximate surface area is 170 Å². The molecule has 29 heavy (non-hydrogen) atoms. The normalized spacial score (nSPS) is 23.9. The van der Waals surface area contributed by atoms with E-state index in [0.717, 1.165) is 0 Å². The minimum Gasteiger partial charge on any atom is -0.456 e. The van der Waals surface area contributed by atoms with Crippen LogP contribution >= 0.6 is 11.6 Å². The van der Waals surface area contributed by atoms with Crippen LogP contribution in [0.2, 0.25) is 5.28 Å². The maximum Gasteiger partial charge on any atom is 0.303 e. The number of fused-ring (bicyclic) bond motifs is 1. The van der Waals surface area contributed by atoms with E-state index < -0.39 is 36.5 Å². The molecule has 158 valence electrons. The number of esters is 2. The van der Waals surface area contributed by atoms with E-state index in [1.54, 1.807) is 0 Å². The van der Waals surface area contributed by atoms with Gasteiger partial charge >= 0.3 is 11.9 Å². The molecule has 0 amide bonds. The van der Waals surface area contributed by atoms with Gasteiger partial charge in [-0.1, -0.05) is 0 Å². The summed E-state index contributed by atoms with van der Waals surface area (Å²) in [7, 11) is 2.89. The van der Waals surface area contributed by atoms with Gasteiger partial charge in [0.2, 0.25) is 5.28 Å². The smallest absolute Gasteiger partial charge is 0.303 e. The van der Waals surface area contributed by atoms with Crippen molar-refractivity contribution in [2.75, 3.05) is 26.3 Å². The summed E-state index contributed by atoms with van der Waals surface area (Å²) in [4.78, 5) is 40.7. The highest BCUT2D eigenvalue weighted by molar-refractivity contribution is 6.28. The predicted molar refractivity (Wildman–Crippen MR) is 97.9 cm³/mol. The fourth-order valence-electron chi connectivity index (χ4n) is 3.13. The van der Waals surface area contributed by atoms with Crippen molar-refractivity contribution in [2.45, 2.75) is 38.4 Å². The topological polar surface area (TPSA) is 136 Å². The fraction of sp³-hybridized carbons (Fsp3) is 0.562. The number of carbonyl (C=O) groups is 2. The van der Waals surface area contributed by atoms with Gasteiger partial charge in [0.1, 0.15) is 6.10 Å². The van der Waals surface area contributed by atoms with Gasteiger partial charge in [-0.2, -0.15) is 9.97 Å².